The molecule has 1 saturated heterocycles. The van der Waals surface area contributed by atoms with Crippen molar-refractivity contribution < 1.29 is 4.79 Å². The zero-order valence-corrected chi connectivity index (χ0v) is 12.5. The van der Waals surface area contributed by atoms with Crippen molar-refractivity contribution in [3.63, 3.8) is 0 Å². The van der Waals surface area contributed by atoms with E-state index in [1.54, 1.807) is 0 Å². The van der Waals surface area contributed by atoms with E-state index in [-0.39, 0.29) is 11.7 Å². The summed E-state index contributed by atoms with van der Waals surface area (Å²) in [5, 5.41) is 9.60. The third-order valence-corrected chi connectivity index (χ3v) is 3.70. The summed E-state index contributed by atoms with van der Waals surface area (Å²) in [5.41, 5.74) is 0. The summed E-state index contributed by atoms with van der Waals surface area (Å²) in [4.78, 5) is 18.5. The van der Waals surface area contributed by atoms with E-state index in [9.17, 15) is 4.79 Å². The van der Waals surface area contributed by atoms with Gasteiger partial charge in [-0.2, -0.15) is 0 Å². The highest BCUT2D eigenvalue weighted by molar-refractivity contribution is 5.90. The lowest BCUT2D eigenvalue weighted by Crippen LogP contribution is -2.38. The van der Waals surface area contributed by atoms with Crippen LogP contribution in [0.5, 0.6) is 0 Å². The Morgan fingerprint density at radius 2 is 2.15 bits per heavy atom. The fraction of sp³-hybridized carbons (Fsp3) is 0.786. The van der Waals surface area contributed by atoms with Gasteiger partial charge in [-0.05, 0) is 31.8 Å². The minimum absolute atomic E-state index is 0.188. The fourth-order valence-electron chi connectivity index (χ4n) is 2.55. The van der Waals surface area contributed by atoms with Gasteiger partial charge in [0.05, 0.1) is 0 Å². The normalized spacial score (nSPS) is 17.9. The SMILES string of the molecule is CCc1nc(C(=O)NCC(C)CN2CCCCC2)n[nH]1. The van der Waals surface area contributed by atoms with Crippen molar-refractivity contribution in [1.29, 1.82) is 0 Å². The number of hydrogen-bond acceptors (Lipinski definition) is 4. The van der Waals surface area contributed by atoms with Crippen molar-refractivity contribution >= 4 is 5.91 Å². The number of nitrogens with one attached hydrogen (secondary N) is 2. The average Bonchev–Trinajstić information content (AvgIpc) is 2.95. The highest BCUT2D eigenvalue weighted by Crippen LogP contribution is 2.10. The molecule has 0 bridgehead atoms. The average molecular weight is 279 g/mol. The van der Waals surface area contributed by atoms with Gasteiger partial charge in [0.2, 0.25) is 5.82 Å². The van der Waals surface area contributed by atoms with Crippen LogP contribution in [0, 0.1) is 5.92 Å². The Morgan fingerprint density at radius 3 is 2.80 bits per heavy atom. The number of rotatable bonds is 6. The number of likely N-dealkylation sites (tertiary alicyclic amines) is 1. The van der Waals surface area contributed by atoms with Gasteiger partial charge in [-0.3, -0.25) is 9.89 Å². The third kappa shape index (κ3) is 4.30. The first-order valence-corrected chi connectivity index (χ1v) is 7.61. The number of carbonyl (C=O) groups excluding carboxylic acids is 1. The van der Waals surface area contributed by atoms with Crippen LogP contribution < -0.4 is 5.32 Å². The van der Waals surface area contributed by atoms with Gasteiger partial charge in [-0.1, -0.05) is 20.3 Å². The van der Waals surface area contributed by atoms with E-state index in [0.717, 1.165) is 18.8 Å². The maximum Gasteiger partial charge on any atom is 0.290 e. The maximum absolute atomic E-state index is 11.9. The number of piperidine rings is 1. The monoisotopic (exact) mass is 279 g/mol. The molecule has 112 valence electrons. The van der Waals surface area contributed by atoms with Crippen LogP contribution in [0.1, 0.15) is 49.6 Å². The van der Waals surface area contributed by atoms with Gasteiger partial charge in [-0.15, -0.1) is 5.10 Å². The van der Waals surface area contributed by atoms with Crippen molar-refractivity contribution in [3.8, 4) is 0 Å². The highest BCUT2D eigenvalue weighted by atomic mass is 16.2. The molecule has 1 aliphatic rings. The van der Waals surface area contributed by atoms with Gasteiger partial charge in [0.15, 0.2) is 0 Å². The van der Waals surface area contributed by atoms with Crippen LogP contribution in [-0.4, -0.2) is 52.2 Å². The van der Waals surface area contributed by atoms with Gasteiger partial charge in [0.1, 0.15) is 5.82 Å². The minimum atomic E-state index is -0.188. The summed E-state index contributed by atoms with van der Waals surface area (Å²) < 4.78 is 0. The van der Waals surface area contributed by atoms with Crippen LogP contribution >= 0.6 is 0 Å². The Labute approximate surface area is 120 Å². The molecule has 1 amide bonds. The second-order valence-corrected chi connectivity index (χ2v) is 5.64. The summed E-state index contributed by atoms with van der Waals surface area (Å²) >= 11 is 0. The molecule has 6 nitrogen and oxygen atoms in total. The molecule has 1 atom stereocenters. The second-order valence-electron chi connectivity index (χ2n) is 5.64. The summed E-state index contributed by atoms with van der Waals surface area (Å²) in [5.74, 6) is 1.25. The molecular weight excluding hydrogens is 254 g/mol. The van der Waals surface area contributed by atoms with E-state index in [1.807, 2.05) is 6.92 Å². The molecule has 1 aliphatic heterocycles. The number of hydrogen-bond donors (Lipinski definition) is 2. The van der Waals surface area contributed by atoms with Crippen LogP contribution in [0.2, 0.25) is 0 Å². The Kier molecular flexibility index (Phi) is 5.52. The van der Waals surface area contributed by atoms with Gasteiger partial charge >= 0.3 is 0 Å². The largest absolute Gasteiger partial charge is 0.349 e. The predicted molar refractivity (Wildman–Crippen MR) is 77.5 cm³/mol. The predicted octanol–water partition coefficient (Wildman–Crippen LogP) is 1.22. The number of aryl methyl sites for hydroxylation is 1. The Bertz CT molecular complexity index is 425. The van der Waals surface area contributed by atoms with E-state index >= 15 is 0 Å². The quantitative estimate of drug-likeness (QED) is 0.821. The van der Waals surface area contributed by atoms with Crippen molar-refractivity contribution in [1.82, 2.24) is 25.4 Å². The van der Waals surface area contributed by atoms with Crippen molar-refractivity contribution in [3.05, 3.63) is 11.6 Å². The van der Waals surface area contributed by atoms with Gasteiger partial charge in [-0.25, -0.2) is 4.98 Å². The van der Waals surface area contributed by atoms with E-state index in [0.29, 0.717) is 12.5 Å². The number of aromatic nitrogens is 3. The van der Waals surface area contributed by atoms with E-state index in [1.165, 1.54) is 32.4 Å². The molecule has 1 fully saturated rings. The minimum Gasteiger partial charge on any atom is -0.349 e. The first kappa shape index (κ1) is 15.0. The lowest BCUT2D eigenvalue weighted by Gasteiger charge is -2.29. The molecule has 0 saturated carbocycles. The van der Waals surface area contributed by atoms with Crippen LogP contribution in [0.15, 0.2) is 0 Å². The molecule has 0 radical (unpaired) electrons. The summed E-state index contributed by atoms with van der Waals surface area (Å²) in [7, 11) is 0. The molecule has 2 heterocycles. The maximum atomic E-state index is 11.9. The first-order chi connectivity index (χ1) is 9.69. The van der Waals surface area contributed by atoms with Crippen LogP contribution in [-0.2, 0) is 6.42 Å². The molecule has 0 aromatic carbocycles. The molecule has 0 spiro atoms. The van der Waals surface area contributed by atoms with Crippen molar-refractivity contribution in [2.45, 2.75) is 39.5 Å². The fourth-order valence-corrected chi connectivity index (χ4v) is 2.55. The zero-order chi connectivity index (χ0) is 14.4. The number of H-pyrrole nitrogens is 1. The van der Waals surface area contributed by atoms with E-state index < -0.39 is 0 Å². The summed E-state index contributed by atoms with van der Waals surface area (Å²) in [6, 6.07) is 0. The van der Waals surface area contributed by atoms with Crippen molar-refractivity contribution in [2.75, 3.05) is 26.2 Å². The number of aromatic amines is 1. The second kappa shape index (κ2) is 7.38. The van der Waals surface area contributed by atoms with Crippen LogP contribution in [0.3, 0.4) is 0 Å². The number of nitrogens with zero attached hydrogens (tertiary/aromatic N) is 3. The van der Waals surface area contributed by atoms with Crippen LogP contribution in [0.25, 0.3) is 0 Å². The third-order valence-electron chi connectivity index (χ3n) is 3.70. The molecule has 1 unspecified atom stereocenters. The van der Waals surface area contributed by atoms with E-state index in [2.05, 4.69) is 32.3 Å². The Balaban J connectivity index is 1.71. The standard InChI is InChI=1S/C14H25N5O/c1-3-12-16-13(18-17-12)14(20)15-9-11(2)10-19-7-5-4-6-8-19/h11H,3-10H2,1-2H3,(H,15,20)(H,16,17,18). The molecule has 2 N–H and O–H groups in total. The zero-order valence-electron chi connectivity index (χ0n) is 12.5. The molecule has 20 heavy (non-hydrogen) atoms. The summed E-state index contributed by atoms with van der Waals surface area (Å²) in [6.07, 6.45) is 4.71. The topological polar surface area (TPSA) is 73.9 Å². The lowest BCUT2D eigenvalue weighted by atomic mass is 10.1. The Morgan fingerprint density at radius 1 is 1.40 bits per heavy atom. The summed E-state index contributed by atoms with van der Waals surface area (Å²) in [6.45, 7) is 8.26. The first-order valence-electron chi connectivity index (χ1n) is 7.61. The molecule has 6 heteroatoms. The highest BCUT2D eigenvalue weighted by Gasteiger charge is 2.16. The number of carbonyl (C=O) groups is 1. The van der Waals surface area contributed by atoms with Gasteiger partial charge < -0.3 is 10.2 Å². The Hall–Kier alpha value is -1.43. The smallest absolute Gasteiger partial charge is 0.290 e. The van der Waals surface area contributed by atoms with Crippen molar-refractivity contribution in [2.24, 2.45) is 5.92 Å². The molecule has 2 rings (SSSR count). The van der Waals surface area contributed by atoms with E-state index in [4.69, 9.17) is 0 Å². The van der Waals surface area contributed by atoms with Gasteiger partial charge in [0, 0.05) is 19.5 Å². The molecular formula is C14H25N5O. The molecule has 1 aromatic heterocycles. The molecule has 1 aromatic rings. The van der Waals surface area contributed by atoms with Crippen LogP contribution in [0.4, 0.5) is 0 Å². The number of amides is 1. The lowest BCUT2D eigenvalue weighted by molar-refractivity contribution is 0.0932. The molecule has 0 aliphatic carbocycles. The van der Waals surface area contributed by atoms with Gasteiger partial charge in [0.25, 0.3) is 5.91 Å².